The van der Waals surface area contributed by atoms with Crippen LogP contribution in [-0.4, -0.2) is 34.0 Å². The van der Waals surface area contributed by atoms with Gasteiger partial charge in [-0.2, -0.15) is 0 Å². The van der Waals surface area contributed by atoms with Crippen LogP contribution in [0.25, 0.3) is 0 Å². The second-order valence-electron chi connectivity index (χ2n) is 9.54. The van der Waals surface area contributed by atoms with Crippen LogP contribution < -0.4 is 0 Å². The van der Waals surface area contributed by atoms with E-state index in [0.717, 1.165) is 23.1 Å². The number of benzene rings is 3. The van der Waals surface area contributed by atoms with Gasteiger partial charge in [0, 0.05) is 28.9 Å². The zero-order valence-electron chi connectivity index (χ0n) is 21.0. The van der Waals surface area contributed by atoms with Crippen molar-refractivity contribution < 1.29 is 23.8 Å². The second kappa shape index (κ2) is 12.7. The van der Waals surface area contributed by atoms with Gasteiger partial charge in [0.05, 0.1) is 6.04 Å². The van der Waals surface area contributed by atoms with Gasteiger partial charge in [-0.25, -0.2) is 4.39 Å². The highest BCUT2D eigenvalue weighted by atomic mass is 35.5. The van der Waals surface area contributed by atoms with E-state index in [1.165, 1.54) is 12.1 Å². The number of hydrogen-bond donors (Lipinski definition) is 1. The summed E-state index contributed by atoms with van der Waals surface area (Å²) < 4.78 is 20.1. The molecular formula is C30H30Cl2FNO4. The van der Waals surface area contributed by atoms with E-state index >= 15 is 0 Å². The normalized spacial score (nSPS) is 20.4. The van der Waals surface area contributed by atoms with Gasteiger partial charge in [-0.1, -0.05) is 72.9 Å². The Kier molecular flexibility index (Phi) is 9.42. The molecule has 0 saturated carbocycles. The van der Waals surface area contributed by atoms with Gasteiger partial charge in [0.15, 0.2) is 0 Å². The van der Waals surface area contributed by atoms with Crippen molar-refractivity contribution >= 4 is 35.1 Å². The van der Waals surface area contributed by atoms with Crippen LogP contribution >= 0.6 is 23.2 Å². The molecule has 4 atom stereocenters. The summed E-state index contributed by atoms with van der Waals surface area (Å²) >= 11 is 12.4. The van der Waals surface area contributed by atoms with E-state index in [-0.39, 0.29) is 30.6 Å². The Morgan fingerprint density at radius 1 is 0.947 bits per heavy atom. The van der Waals surface area contributed by atoms with Crippen molar-refractivity contribution in [1.29, 1.82) is 0 Å². The van der Waals surface area contributed by atoms with Gasteiger partial charge < -0.3 is 14.7 Å². The van der Waals surface area contributed by atoms with Crippen molar-refractivity contribution in [2.75, 3.05) is 0 Å². The van der Waals surface area contributed by atoms with E-state index in [4.69, 9.17) is 27.9 Å². The van der Waals surface area contributed by atoms with Crippen LogP contribution in [-0.2, 0) is 20.7 Å². The number of halogens is 3. The number of carboxylic acids is 1. The Bertz CT molecular complexity index is 1230. The first kappa shape index (κ1) is 28.1. The Balaban J connectivity index is 1.82. The molecule has 1 amide bonds. The van der Waals surface area contributed by atoms with Crippen molar-refractivity contribution in [3.63, 3.8) is 0 Å². The molecule has 1 N–H and O–H groups in total. The van der Waals surface area contributed by atoms with Crippen molar-refractivity contribution in [2.45, 2.75) is 63.3 Å². The van der Waals surface area contributed by atoms with E-state index in [2.05, 4.69) is 0 Å². The number of morpholine rings is 1. The SMILES string of the molecule is CCCC(CCC(=O)O)N1C(=O)[C@@H](Cc2ccc(F)cc2)O[C@H](c2ccc(Cl)cc2)[C@@H]1c1ccc(Cl)cc1. The van der Waals surface area contributed by atoms with E-state index in [0.29, 0.717) is 22.9 Å². The summed E-state index contributed by atoms with van der Waals surface area (Å²) in [4.78, 5) is 27.5. The molecule has 200 valence electrons. The quantitative estimate of drug-likeness (QED) is 0.281. The van der Waals surface area contributed by atoms with E-state index in [1.54, 1.807) is 36.4 Å². The molecule has 1 heterocycles. The molecule has 1 aliphatic heterocycles. The van der Waals surface area contributed by atoms with Crippen LogP contribution in [0, 0.1) is 5.82 Å². The first-order valence-corrected chi connectivity index (χ1v) is 13.5. The third-order valence-corrected chi connectivity index (χ3v) is 7.38. The smallest absolute Gasteiger partial charge is 0.303 e. The Morgan fingerprint density at radius 2 is 1.53 bits per heavy atom. The minimum atomic E-state index is -0.910. The fourth-order valence-electron chi connectivity index (χ4n) is 5.09. The van der Waals surface area contributed by atoms with Crippen LogP contribution in [0.5, 0.6) is 0 Å². The molecule has 1 fully saturated rings. The lowest BCUT2D eigenvalue weighted by molar-refractivity contribution is -0.180. The maximum absolute atomic E-state index is 14.2. The van der Waals surface area contributed by atoms with Crippen molar-refractivity contribution in [1.82, 2.24) is 4.90 Å². The van der Waals surface area contributed by atoms with Crippen LogP contribution in [0.1, 0.15) is 61.4 Å². The molecule has 8 heteroatoms. The van der Waals surface area contributed by atoms with E-state index in [9.17, 15) is 19.1 Å². The van der Waals surface area contributed by atoms with Gasteiger partial charge in [0.25, 0.3) is 5.91 Å². The predicted molar refractivity (Wildman–Crippen MR) is 146 cm³/mol. The monoisotopic (exact) mass is 557 g/mol. The lowest BCUT2D eigenvalue weighted by atomic mass is 9.88. The largest absolute Gasteiger partial charge is 0.481 e. The fraction of sp³-hybridized carbons (Fsp3) is 0.333. The number of aliphatic carboxylic acids is 1. The number of ether oxygens (including phenoxy) is 1. The molecule has 3 aromatic carbocycles. The molecule has 1 saturated heterocycles. The molecule has 3 aromatic rings. The van der Waals surface area contributed by atoms with Gasteiger partial charge >= 0.3 is 5.97 Å². The molecule has 1 unspecified atom stereocenters. The van der Waals surface area contributed by atoms with Gasteiger partial charge in [0.2, 0.25) is 0 Å². The maximum atomic E-state index is 14.2. The lowest BCUT2D eigenvalue weighted by Gasteiger charge is -2.48. The molecular weight excluding hydrogens is 528 g/mol. The number of rotatable bonds is 10. The fourth-order valence-corrected chi connectivity index (χ4v) is 5.34. The summed E-state index contributed by atoms with van der Waals surface area (Å²) in [6.45, 7) is 2.02. The third kappa shape index (κ3) is 6.73. The molecule has 0 aromatic heterocycles. The summed E-state index contributed by atoms with van der Waals surface area (Å²) in [5, 5.41) is 10.6. The zero-order valence-corrected chi connectivity index (χ0v) is 22.5. The highest BCUT2D eigenvalue weighted by Crippen LogP contribution is 2.45. The molecule has 0 aliphatic carbocycles. The first-order valence-electron chi connectivity index (χ1n) is 12.7. The van der Waals surface area contributed by atoms with E-state index < -0.39 is 24.2 Å². The average molecular weight is 558 g/mol. The molecule has 5 nitrogen and oxygen atoms in total. The van der Waals surface area contributed by atoms with Gasteiger partial charge in [-0.3, -0.25) is 9.59 Å². The van der Waals surface area contributed by atoms with Crippen molar-refractivity contribution in [3.8, 4) is 0 Å². The van der Waals surface area contributed by atoms with E-state index in [1.807, 2.05) is 36.1 Å². The van der Waals surface area contributed by atoms with Crippen LogP contribution in [0.3, 0.4) is 0 Å². The Morgan fingerprint density at radius 3 is 2.08 bits per heavy atom. The van der Waals surface area contributed by atoms with Gasteiger partial charge in [0.1, 0.15) is 18.0 Å². The van der Waals surface area contributed by atoms with Crippen LogP contribution in [0.2, 0.25) is 10.0 Å². The minimum absolute atomic E-state index is 0.0586. The zero-order chi connectivity index (χ0) is 27.2. The lowest BCUT2D eigenvalue weighted by Crippen LogP contribution is -2.55. The molecule has 0 radical (unpaired) electrons. The molecule has 0 spiro atoms. The minimum Gasteiger partial charge on any atom is -0.481 e. The first-order chi connectivity index (χ1) is 18.3. The average Bonchev–Trinajstić information content (AvgIpc) is 2.90. The maximum Gasteiger partial charge on any atom is 0.303 e. The number of hydrogen-bond acceptors (Lipinski definition) is 3. The summed E-state index contributed by atoms with van der Waals surface area (Å²) in [6, 6.07) is 19.8. The number of carbonyl (C=O) groups is 2. The summed E-state index contributed by atoms with van der Waals surface area (Å²) in [6.07, 6.45) is 0.530. The van der Waals surface area contributed by atoms with Gasteiger partial charge in [-0.15, -0.1) is 0 Å². The topological polar surface area (TPSA) is 66.8 Å². The van der Waals surface area contributed by atoms with Crippen molar-refractivity contribution in [3.05, 3.63) is 105 Å². The number of carbonyl (C=O) groups excluding carboxylic acids is 1. The predicted octanol–water partition coefficient (Wildman–Crippen LogP) is 7.42. The summed E-state index contributed by atoms with van der Waals surface area (Å²) in [5.41, 5.74) is 2.44. The Hall–Kier alpha value is -2.93. The second-order valence-corrected chi connectivity index (χ2v) is 10.4. The Labute approximate surface area is 232 Å². The summed E-state index contributed by atoms with van der Waals surface area (Å²) in [5.74, 6) is -1.49. The molecule has 1 aliphatic rings. The number of amides is 1. The highest BCUT2D eigenvalue weighted by molar-refractivity contribution is 6.30. The molecule has 38 heavy (non-hydrogen) atoms. The molecule has 4 rings (SSSR count). The van der Waals surface area contributed by atoms with Crippen molar-refractivity contribution in [2.24, 2.45) is 0 Å². The highest BCUT2D eigenvalue weighted by Gasteiger charge is 2.46. The standard InChI is InChI=1S/C30H30Cl2FNO4/c1-2-3-25(16-17-27(35)36)34-28(20-6-10-22(31)11-7-20)29(21-8-12-23(32)13-9-21)38-26(30(34)37)18-19-4-14-24(33)15-5-19/h4-15,25-26,28-29H,2-3,16-18H2,1H3,(H,35,36)/t25?,26-,28+,29-/m1/s1. The number of carboxylic acid groups (broad SMARTS) is 1. The van der Waals surface area contributed by atoms with Gasteiger partial charge in [-0.05, 0) is 65.9 Å². The summed E-state index contributed by atoms with van der Waals surface area (Å²) in [7, 11) is 0. The van der Waals surface area contributed by atoms with Crippen LogP contribution in [0.4, 0.5) is 4.39 Å². The molecule has 0 bridgehead atoms. The third-order valence-electron chi connectivity index (χ3n) is 6.88. The number of nitrogens with zero attached hydrogens (tertiary/aromatic N) is 1. The van der Waals surface area contributed by atoms with Crippen LogP contribution in [0.15, 0.2) is 72.8 Å².